The second-order valence-electron chi connectivity index (χ2n) is 5.11. The maximum atomic E-state index is 11.3. The highest BCUT2D eigenvalue weighted by atomic mass is 16.1. The summed E-state index contributed by atoms with van der Waals surface area (Å²) >= 11 is 0. The van der Waals surface area contributed by atoms with Crippen molar-refractivity contribution in [2.24, 2.45) is 0 Å². The molecule has 102 valence electrons. The number of allylic oxidation sites excluding steroid dienone is 2. The Hall–Kier alpha value is -2.22. The van der Waals surface area contributed by atoms with Crippen molar-refractivity contribution in [3.05, 3.63) is 71.6 Å². The van der Waals surface area contributed by atoms with E-state index in [9.17, 15) is 4.79 Å². The molecule has 1 heterocycles. The van der Waals surface area contributed by atoms with Crippen LogP contribution in [0.25, 0.3) is 5.57 Å². The summed E-state index contributed by atoms with van der Waals surface area (Å²) in [5, 5.41) is 0. The third-order valence-electron chi connectivity index (χ3n) is 3.34. The molecule has 0 amide bonds. The summed E-state index contributed by atoms with van der Waals surface area (Å²) in [7, 11) is 0. The van der Waals surface area contributed by atoms with E-state index >= 15 is 0 Å². The van der Waals surface area contributed by atoms with Crippen molar-refractivity contribution in [3.8, 4) is 0 Å². The van der Waals surface area contributed by atoms with E-state index in [0.29, 0.717) is 5.92 Å². The van der Waals surface area contributed by atoms with Crippen molar-refractivity contribution in [2.45, 2.75) is 26.2 Å². The first kappa shape index (κ1) is 14.2. The SMILES string of the molecule is CC(C)c1ccc(C(C=O)=CCc2ccncc2)cc1. The van der Waals surface area contributed by atoms with Crippen LogP contribution in [-0.2, 0) is 11.2 Å². The van der Waals surface area contributed by atoms with E-state index in [1.165, 1.54) is 5.56 Å². The predicted molar refractivity (Wildman–Crippen MR) is 82.5 cm³/mol. The van der Waals surface area contributed by atoms with E-state index in [0.717, 1.165) is 29.4 Å². The van der Waals surface area contributed by atoms with Crippen LogP contribution in [0.1, 0.15) is 36.5 Å². The molecule has 0 aliphatic rings. The van der Waals surface area contributed by atoms with Gasteiger partial charge in [0.05, 0.1) is 0 Å². The molecule has 0 aliphatic carbocycles. The van der Waals surface area contributed by atoms with E-state index in [4.69, 9.17) is 0 Å². The number of carbonyl (C=O) groups excluding carboxylic acids is 1. The van der Waals surface area contributed by atoms with Gasteiger partial charge in [0.25, 0.3) is 0 Å². The lowest BCUT2D eigenvalue weighted by atomic mass is 9.98. The van der Waals surface area contributed by atoms with Crippen LogP contribution in [0.4, 0.5) is 0 Å². The van der Waals surface area contributed by atoms with Crippen molar-refractivity contribution in [1.82, 2.24) is 4.98 Å². The van der Waals surface area contributed by atoms with Gasteiger partial charge in [-0.3, -0.25) is 9.78 Å². The van der Waals surface area contributed by atoms with E-state index < -0.39 is 0 Å². The molecule has 2 heteroatoms. The number of carbonyl (C=O) groups is 1. The summed E-state index contributed by atoms with van der Waals surface area (Å²) in [5.41, 5.74) is 4.14. The summed E-state index contributed by atoms with van der Waals surface area (Å²) in [6, 6.07) is 12.1. The molecule has 0 saturated heterocycles. The smallest absolute Gasteiger partial charge is 0.150 e. The zero-order chi connectivity index (χ0) is 14.4. The molecule has 0 unspecified atom stereocenters. The van der Waals surface area contributed by atoms with Crippen LogP contribution < -0.4 is 0 Å². The number of hydrogen-bond donors (Lipinski definition) is 0. The van der Waals surface area contributed by atoms with Crippen molar-refractivity contribution < 1.29 is 4.79 Å². The number of benzene rings is 1. The molecule has 0 radical (unpaired) electrons. The van der Waals surface area contributed by atoms with Crippen LogP contribution in [0.3, 0.4) is 0 Å². The fourth-order valence-electron chi connectivity index (χ4n) is 2.04. The van der Waals surface area contributed by atoms with Crippen LogP contribution in [0.5, 0.6) is 0 Å². The molecule has 0 N–H and O–H groups in total. The summed E-state index contributed by atoms with van der Waals surface area (Å²) in [4.78, 5) is 15.3. The molecule has 0 atom stereocenters. The summed E-state index contributed by atoms with van der Waals surface area (Å²) in [6.07, 6.45) is 7.16. The van der Waals surface area contributed by atoms with E-state index in [1.54, 1.807) is 12.4 Å². The maximum Gasteiger partial charge on any atom is 0.150 e. The molecule has 0 fully saturated rings. The minimum atomic E-state index is 0.504. The highest BCUT2D eigenvalue weighted by Gasteiger charge is 2.03. The van der Waals surface area contributed by atoms with E-state index in [-0.39, 0.29) is 0 Å². The zero-order valence-corrected chi connectivity index (χ0v) is 11.9. The Morgan fingerprint density at radius 3 is 2.30 bits per heavy atom. The van der Waals surface area contributed by atoms with Gasteiger partial charge in [-0.05, 0) is 41.2 Å². The van der Waals surface area contributed by atoms with Gasteiger partial charge in [0, 0.05) is 18.0 Å². The number of aldehydes is 1. The van der Waals surface area contributed by atoms with E-state index in [1.807, 2.05) is 30.3 Å². The highest BCUT2D eigenvalue weighted by molar-refractivity contribution is 6.06. The van der Waals surface area contributed by atoms with Gasteiger partial charge < -0.3 is 0 Å². The number of hydrogen-bond acceptors (Lipinski definition) is 2. The van der Waals surface area contributed by atoms with Gasteiger partial charge in [-0.15, -0.1) is 0 Å². The van der Waals surface area contributed by atoms with Gasteiger partial charge in [0.1, 0.15) is 6.29 Å². The molecule has 2 rings (SSSR count). The lowest BCUT2D eigenvalue weighted by molar-refractivity contribution is -0.103. The van der Waals surface area contributed by atoms with Crippen LogP contribution >= 0.6 is 0 Å². The Bertz CT molecular complexity index is 583. The molecule has 2 aromatic rings. The van der Waals surface area contributed by atoms with Gasteiger partial charge >= 0.3 is 0 Å². The van der Waals surface area contributed by atoms with E-state index in [2.05, 4.69) is 31.0 Å². The third-order valence-corrected chi connectivity index (χ3v) is 3.34. The van der Waals surface area contributed by atoms with Gasteiger partial charge in [-0.2, -0.15) is 0 Å². The van der Waals surface area contributed by atoms with Gasteiger partial charge in [0.15, 0.2) is 0 Å². The fourth-order valence-corrected chi connectivity index (χ4v) is 2.04. The highest BCUT2D eigenvalue weighted by Crippen LogP contribution is 2.19. The number of pyridine rings is 1. The first-order valence-electron chi connectivity index (χ1n) is 6.85. The first-order valence-corrected chi connectivity index (χ1v) is 6.85. The summed E-state index contributed by atoms with van der Waals surface area (Å²) in [5.74, 6) is 0.504. The monoisotopic (exact) mass is 265 g/mol. The Morgan fingerprint density at radius 2 is 1.75 bits per heavy atom. The lowest BCUT2D eigenvalue weighted by Crippen LogP contribution is -1.91. The largest absolute Gasteiger partial charge is 0.298 e. The normalized spacial score (nSPS) is 11.7. The zero-order valence-electron chi connectivity index (χ0n) is 11.9. The molecule has 0 bridgehead atoms. The molecule has 1 aromatic carbocycles. The molecule has 0 spiro atoms. The Kier molecular flexibility index (Phi) is 4.83. The Balaban J connectivity index is 2.17. The molecule has 20 heavy (non-hydrogen) atoms. The summed E-state index contributed by atoms with van der Waals surface area (Å²) in [6.45, 7) is 4.32. The Labute approximate surface area is 120 Å². The summed E-state index contributed by atoms with van der Waals surface area (Å²) < 4.78 is 0. The first-order chi connectivity index (χ1) is 9.70. The average Bonchev–Trinajstić information content (AvgIpc) is 2.49. The fraction of sp³-hybridized carbons (Fsp3) is 0.222. The molecular formula is C18H19NO. The predicted octanol–water partition coefficient (Wildman–Crippen LogP) is 4.03. The molecule has 0 saturated carbocycles. The molecule has 1 aromatic heterocycles. The second-order valence-corrected chi connectivity index (χ2v) is 5.11. The second kappa shape index (κ2) is 6.80. The number of rotatable bonds is 5. The quantitative estimate of drug-likeness (QED) is 0.603. The molecule has 0 aliphatic heterocycles. The lowest BCUT2D eigenvalue weighted by Gasteiger charge is -2.07. The maximum absolute atomic E-state index is 11.3. The number of aromatic nitrogens is 1. The minimum absolute atomic E-state index is 0.504. The average molecular weight is 265 g/mol. The van der Waals surface area contributed by atoms with Gasteiger partial charge in [-0.25, -0.2) is 0 Å². The topological polar surface area (TPSA) is 30.0 Å². The van der Waals surface area contributed by atoms with Gasteiger partial charge in [-0.1, -0.05) is 44.2 Å². The van der Waals surface area contributed by atoms with Crippen LogP contribution in [0.15, 0.2) is 54.9 Å². The molecule has 2 nitrogen and oxygen atoms in total. The standard InChI is InChI=1S/C18H19NO/c1-14(2)16-5-7-17(8-6-16)18(13-20)4-3-15-9-11-19-12-10-15/h4-14H,3H2,1-2H3. The Morgan fingerprint density at radius 1 is 1.10 bits per heavy atom. The van der Waals surface area contributed by atoms with Crippen molar-refractivity contribution >= 4 is 11.9 Å². The van der Waals surface area contributed by atoms with Crippen LogP contribution in [0, 0.1) is 0 Å². The van der Waals surface area contributed by atoms with Crippen molar-refractivity contribution in [3.63, 3.8) is 0 Å². The third kappa shape index (κ3) is 3.64. The number of nitrogens with zero attached hydrogens (tertiary/aromatic N) is 1. The minimum Gasteiger partial charge on any atom is -0.298 e. The van der Waals surface area contributed by atoms with Crippen LogP contribution in [0.2, 0.25) is 0 Å². The van der Waals surface area contributed by atoms with Crippen LogP contribution in [-0.4, -0.2) is 11.3 Å². The van der Waals surface area contributed by atoms with Gasteiger partial charge in [0.2, 0.25) is 0 Å². The van der Waals surface area contributed by atoms with Crippen molar-refractivity contribution in [1.29, 1.82) is 0 Å². The van der Waals surface area contributed by atoms with Crippen molar-refractivity contribution in [2.75, 3.05) is 0 Å². The molecular weight excluding hydrogens is 246 g/mol.